The molecule has 0 saturated carbocycles. The SMILES string of the molecule is CCCOc1cccc(C2/C(=C(\O)c3cc(C)ccc3OC)C(=O)C(=O)N2CCCOC)c1. The van der Waals surface area contributed by atoms with Crippen molar-refractivity contribution in [2.75, 3.05) is 34.0 Å². The Morgan fingerprint density at radius 3 is 2.58 bits per heavy atom. The van der Waals surface area contributed by atoms with Gasteiger partial charge in [-0.2, -0.15) is 0 Å². The highest BCUT2D eigenvalue weighted by Gasteiger charge is 2.46. The van der Waals surface area contributed by atoms with E-state index in [4.69, 9.17) is 14.2 Å². The van der Waals surface area contributed by atoms with E-state index in [1.807, 2.05) is 44.2 Å². The van der Waals surface area contributed by atoms with Crippen LogP contribution in [0, 0.1) is 6.92 Å². The topological polar surface area (TPSA) is 85.3 Å². The lowest BCUT2D eigenvalue weighted by atomic mass is 9.94. The zero-order valence-electron chi connectivity index (χ0n) is 19.6. The largest absolute Gasteiger partial charge is 0.507 e. The van der Waals surface area contributed by atoms with Gasteiger partial charge in [-0.1, -0.05) is 30.7 Å². The van der Waals surface area contributed by atoms with E-state index < -0.39 is 17.7 Å². The van der Waals surface area contributed by atoms with Crippen molar-refractivity contribution >= 4 is 17.4 Å². The molecule has 2 aromatic carbocycles. The summed E-state index contributed by atoms with van der Waals surface area (Å²) >= 11 is 0. The van der Waals surface area contributed by atoms with Crippen LogP contribution in [-0.4, -0.2) is 55.7 Å². The molecule has 0 radical (unpaired) electrons. The number of amides is 1. The van der Waals surface area contributed by atoms with Crippen molar-refractivity contribution in [2.45, 2.75) is 32.7 Å². The molecule has 1 N–H and O–H groups in total. The number of ether oxygens (including phenoxy) is 3. The standard InChI is InChI=1S/C26H31NO6/c1-5-13-33-19-9-6-8-18(16-19)23-22(25(29)26(30)27(23)12-7-14-31-3)24(28)20-15-17(2)10-11-21(20)32-4/h6,8-11,15-16,23,28H,5,7,12-14H2,1-4H3/b24-22+. The number of carbonyl (C=O) groups is 2. The summed E-state index contributed by atoms with van der Waals surface area (Å²) in [5.74, 6) is -0.567. The fourth-order valence-electron chi connectivity index (χ4n) is 3.98. The van der Waals surface area contributed by atoms with Crippen LogP contribution in [0.15, 0.2) is 48.0 Å². The van der Waals surface area contributed by atoms with Gasteiger partial charge in [0.05, 0.1) is 30.9 Å². The number of Topliss-reactive ketones (excluding diaryl/α,β-unsaturated/α-hetero) is 1. The summed E-state index contributed by atoms with van der Waals surface area (Å²) in [4.78, 5) is 27.7. The maximum atomic E-state index is 13.2. The van der Waals surface area contributed by atoms with E-state index in [1.165, 1.54) is 12.0 Å². The molecule has 1 amide bonds. The molecule has 7 heteroatoms. The summed E-state index contributed by atoms with van der Waals surface area (Å²) in [5.41, 5.74) is 1.98. The van der Waals surface area contributed by atoms with Crippen molar-refractivity contribution in [3.63, 3.8) is 0 Å². The number of rotatable bonds is 10. The normalized spacial score (nSPS) is 17.5. The van der Waals surface area contributed by atoms with Gasteiger partial charge in [0.2, 0.25) is 0 Å². The number of ketones is 1. The molecule has 1 heterocycles. The lowest BCUT2D eigenvalue weighted by molar-refractivity contribution is -0.140. The summed E-state index contributed by atoms with van der Waals surface area (Å²) in [6.07, 6.45) is 1.41. The fraction of sp³-hybridized carbons (Fsp3) is 0.385. The van der Waals surface area contributed by atoms with Gasteiger partial charge in [-0.3, -0.25) is 9.59 Å². The maximum absolute atomic E-state index is 13.2. The molecule has 0 aromatic heterocycles. The van der Waals surface area contributed by atoms with Gasteiger partial charge in [0.25, 0.3) is 11.7 Å². The van der Waals surface area contributed by atoms with Gasteiger partial charge in [-0.25, -0.2) is 0 Å². The molecule has 176 valence electrons. The zero-order chi connectivity index (χ0) is 24.0. The molecule has 2 aromatic rings. The summed E-state index contributed by atoms with van der Waals surface area (Å²) in [7, 11) is 3.08. The Hall–Kier alpha value is -3.32. The molecule has 1 aliphatic rings. The Bertz CT molecular complexity index is 1040. The second kappa shape index (κ2) is 11.0. The average molecular weight is 454 g/mol. The van der Waals surface area contributed by atoms with Crippen LogP contribution >= 0.6 is 0 Å². The Morgan fingerprint density at radius 1 is 1.09 bits per heavy atom. The second-order valence-electron chi connectivity index (χ2n) is 7.96. The number of aliphatic hydroxyl groups is 1. The number of carbonyl (C=O) groups excluding carboxylic acids is 2. The minimum Gasteiger partial charge on any atom is -0.507 e. The molecule has 1 aliphatic heterocycles. The molecular formula is C26H31NO6. The van der Waals surface area contributed by atoms with Crippen molar-refractivity contribution in [2.24, 2.45) is 0 Å². The Labute approximate surface area is 194 Å². The molecule has 1 atom stereocenters. The first-order valence-corrected chi connectivity index (χ1v) is 11.1. The predicted octanol–water partition coefficient (Wildman–Crippen LogP) is 4.25. The predicted molar refractivity (Wildman–Crippen MR) is 125 cm³/mol. The molecule has 7 nitrogen and oxygen atoms in total. The number of benzene rings is 2. The van der Waals surface area contributed by atoms with Gasteiger partial charge in [0.15, 0.2) is 0 Å². The van der Waals surface area contributed by atoms with Gasteiger partial charge in [-0.05, 0) is 49.6 Å². The van der Waals surface area contributed by atoms with Crippen LogP contribution in [-0.2, 0) is 14.3 Å². The number of likely N-dealkylation sites (tertiary alicyclic amines) is 1. The van der Waals surface area contributed by atoms with Gasteiger partial charge >= 0.3 is 0 Å². The molecule has 3 rings (SSSR count). The molecule has 1 unspecified atom stereocenters. The van der Waals surface area contributed by atoms with E-state index in [0.29, 0.717) is 48.8 Å². The number of hydrogen-bond acceptors (Lipinski definition) is 6. The van der Waals surface area contributed by atoms with Crippen LogP contribution in [0.2, 0.25) is 0 Å². The lowest BCUT2D eigenvalue weighted by Crippen LogP contribution is -2.31. The molecule has 1 saturated heterocycles. The van der Waals surface area contributed by atoms with Gasteiger partial charge in [0, 0.05) is 20.3 Å². The molecule has 0 bridgehead atoms. The molecule has 0 aliphatic carbocycles. The van der Waals surface area contributed by atoms with Gasteiger partial charge < -0.3 is 24.2 Å². The highest BCUT2D eigenvalue weighted by atomic mass is 16.5. The second-order valence-corrected chi connectivity index (χ2v) is 7.96. The number of nitrogens with zero attached hydrogens (tertiary/aromatic N) is 1. The van der Waals surface area contributed by atoms with Crippen LogP contribution in [0.3, 0.4) is 0 Å². The van der Waals surface area contributed by atoms with Crippen LogP contribution in [0.4, 0.5) is 0 Å². The van der Waals surface area contributed by atoms with E-state index in [9.17, 15) is 14.7 Å². The minimum absolute atomic E-state index is 0.0361. The summed E-state index contributed by atoms with van der Waals surface area (Å²) in [6.45, 7) is 5.21. The Balaban J connectivity index is 2.16. The van der Waals surface area contributed by atoms with E-state index in [1.54, 1.807) is 19.2 Å². The zero-order valence-corrected chi connectivity index (χ0v) is 19.6. The first-order valence-electron chi connectivity index (χ1n) is 11.1. The number of aryl methyl sites for hydroxylation is 1. The third-order valence-electron chi connectivity index (χ3n) is 5.54. The number of hydrogen-bond donors (Lipinski definition) is 1. The monoisotopic (exact) mass is 453 g/mol. The molecule has 0 spiro atoms. The van der Waals surface area contributed by atoms with Crippen LogP contribution in [0.25, 0.3) is 5.76 Å². The maximum Gasteiger partial charge on any atom is 0.295 e. The van der Waals surface area contributed by atoms with Crippen LogP contribution < -0.4 is 9.47 Å². The van der Waals surface area contributed by atoms with E-state index in [-0.39, 0.29) is 11.3 Å². The highest BCUT2D eigenvalue weighted by Crippen LogP contribution is 2.41. The quantitative estimate of drug-likeness (QED) is 0.251. The van der Waals surface area contributed by atoms with Crippen LogP contribution in [0.5, 0.6) is 11.5 Å². The Morgan fingerprint density at radius 2 is 1.88 bits per heavy atom. The van der Waals surface area contributed by atoms with Crippen molar-refractivity contribution in [1.82, 2.24) is 4.90 Å². The van der Waals surface area contributed by atoms with Gasteiger partial charge in [-0.15, -0.1) is 0 Å². The molecule has 33 heavy (non-hydrogen) atoms. The molecular weight excluding hydrogens is 422 g/mol. The first-order chi connectivity index (χ1) is 15.9. The summed E-state index contributed by atoms with van der Waals surface area (Å²) in [5, 5.41) is 11.3. The summed E-state index contributed by atoms with van der Waals surface area (Å²) in [6, 6.07) is 11.9. The average Bonchev–Trinajstić information content (AvgIpc) is 3.07. The Kier molecular flexibility index (Phi) is 8.11. The van der Waals surface area contributed by atoms with E-state index >= 15 is 0 Å². The smallest absolute Gasteiger partial charge is 0.295 e. The van der Waals surface area contributed by atoms with Crippen molar-refractivity contribution in [1.29, 1.82) is 0 Å². The molecule has 1 fully saturated rings. The minimum atomic E-state index is -0.753. The van der Waals surface area contributed by atoms with E-state index in [0.717, 1.165) is 12.0 Å². The van der Waals surface area contributed by atoms with E-state index in [2.05, 4.69) is 0 Å². The van der Waals surface area contributed by atoms with Crippen molar-refractivity contribution in [3.05, 3.63) is 64.7 Å². The van der Waals surface area contributed by atoms with Crippen molar-refractivity contribution < 1.29 is 28.9 Å². The first kappa shape index (κ1) is 24.3. The number of methoxy groups -OCH3 is 2. The van der Waals surface area contributed by atoms with Crippen molar-refractivity contribution in [3.8, 4) is 11.5 Å². The van der Waals surface area contributed by atoms with Crippen LogP contribution in [0.1, 0.15) is 42.5 Å². The fourth-order valence-corrected chi connectivity index (χ4v) is 3.98. The number of aliphatic hydroxyl groups excluding tert-OH is 1. The summed E-state index contributed by atoms with van der Waals surface area (Å²) < 4.78 is 16.3. The van der Waals surface area contributed by atoms with Gasteiger partial charge in [0.1, 0.15) is 17.3 Å². The third-order valence-corrected chi connectivity index (χ3v) is 5.54. The third kappa shape index (κ3) is 5.20. The highest BCUT2D eigenvalue weighted by molar-refractivity contribution is 6.46. The lowest BCUT2D eigenvalue weighted by Gasteiger charge is -2.25.